The summed E-state index contributed by atoms with van der Waals surface area (Å²) in [6.07, 6.45) is 6.04. The number of nitro benzene ring substituents is 1. The maximum atomic E-state index is 12.1. The minimum absolute atomic E-state index is 0.0812. The number of hydrogen-bond donors (Lipinski definition) is 2. The molecule has 11 heteroatoms. The molecule has 1 aromatic heterocycles. The van der Waals surface area contributed by atoms with Crippen molar-refractivity contribution in [2.75, 3.05) is 16.4 Å². The number of anilines is 2. The van der Waals surface area contributed by atoms with Gasteiger partial charge < -0.3 is 10.6 Å². The molecule has 144 valence electrons. The molecule has 0 unspecified atom stereocenters. The van der Waals surface area contributed by atoms with E-state index in [1.165, 1.54) is 60.6 Å². The van der Waals surface area contributed by atoms with Crippen LogP contribution in [0.5, 0.6) is 0 Å². The number of amides is 1. The monoisotopic (exact) mass is 427 g/mol. The van der Waals surface area contributed by atoms with Crippen LogP contribution in [0, 0.1) is 10.1 Å². The van der Waals surface area contributed by atoms with Gasteiger partial charge in [-0.1, -0.05) is 54.0 Å². The zero-order valence-electron chi connectivity index (χ0n) is 14.3. The van der Waals surface area contributed by atoms with Crippen molar-refractivity contribution in [1.29, 1.82) is 0 Å². The van der Waals surface area contributed by atoms with E-state index in [9.17, 15) is 14.9 Å². The number of benzene rings is 1. The zero-order chi connectivity index (χ0) is 19.2. The number of carbonyl (C=O) groups is 1. The molecule has 1 aromatic carbocycles. The Morgan fingerprint density at radius 2 is 2.11 bits per heavy atom. The lowest BCUT2D eigenvalue weighted by molar-refractivity contribution is -0.383. The van der Waals surface area contributed by atoms with Crippen molar-refractivity contribution in [3.05, 3.63) is 33.3 Å². The summed E-state index contributed by atoms with van der Waals surface area (Å²) >= 11 is 8.42. The van der Waals surface area contributed by atoms with Crippen LogP contribution in [0.4, 0.5) is 16.5 Å². The SMILES string of the molecule is O=C(CSc1nnc(NC2CCCCC2)s1)Nc1ccc(Cl)cc1[N+](=O)[O-]. The molecule has 0 spiro atoms. The summed E-state index contributed by atoms with van der Waals surface area (Å²) in [5, 5.41) is 26.2. The molecular formula is C16H18ClN5O3S2. The maximum absolute atomic E-state index is 12.1. The molecule has 8 nitrogen and oxygen atoms in total. The number of rotatable bonds is 7. The molecule has 0 saturated heterocycles. The number of carbonyl (C=O) groups excluding carboxylic acids is 1. The van der Waals surface area contributed by atoms with Gasteiger partial charge in [0, 0.05) is 17.1 Å². The third-order valence-electron chi connectivity index (χ3n) is 4.10. The molecule has 0 bridgehead atoms. The lowest BCUT2D eigenvalue weighted by atomic mass is 9.96. The highest BCUT2D eigenvalue weighted by atomic mass is 35.5. The summed E-state index contributed by atoms with van der Waals surface area (Å²) in [7, 11) is 0. The van der Waals surface area contributed by atoms with Crippen LogP contribution in [-0.4, -0.2) is 32.8 Å². The van der Waals surface area contributed by atoms with Crippen LogP contribution in [0.3, 0.4) is 0 Å². The molecule has 1 aliphatic carbocycles. The number of halogens is 1. The van der Waals surface area contributed by atoms with E-state index in [0.29, 0.717) is 10.4 Å². The number of nitro groups is 1. The van der Waals surface area contributed by atoms with Crippen LogP contribution in [-0.2, 0) is 4.79 Å². The van der Waals surface area contributed by atoms with Gasteiger partial charge in [-0.3, -0.25) is 14.9 Å². The summed E-state index contributed by atoms with van der Waals surface area (Å²) in [5.41, 5.74) is -0.123. The van der Waals surface area contributed by atoms with E-state index in [4.69, 9.17) is 11.6 Å². The molecule has 2 aromatic rings. The van der Waals surface area contributed by atoms with E-state index in [-0.39, 0.29) is 28.1 Å². The molecule has 1 heterocycles. The van der Waals surface area contributed by atoms with Gasteiger partial charge in [0.1, 0.15) is 5.69 Å². The molecule has 1 aliphatic rings. The van der Waals surface area contributed by atoms with Crippen molar-refractivity contribution in [3.8, 4) is 0 Å². The third-order valence-corrected chi connectivity index (χ3v) is 6.32. The highest BCUT2D eigenvalue weighted by Gasteiger charge is 2.18. The second kappa shape index (κ2) is 9.34. The number of hydrogen-bond acceptors (Lipinski definition) is 8. The Morgan fingerprint density at radius 1 is 1.33 bits per heavy atom. The number of aromatic nitrogens is 2. The van der Waals surface area contributed by atoms with Gasteiger partial charge in [0.05, 0.1) is 10.7 Å². The van der Waals surface area contributed by atoms with E-state index in [1.807, 2.05) is 0 Å². The molecule has 1 saturated carbocycles. The Hall–Kier alpha value is -1.91. The summed E-state index contributed by atoms with van der Waals surface area (Å²) in [6.45, 7) is 0. The van der Waals surface area contributed by atoms with E-state index in [0.717, 1.165) is 18.0 Å². The van der Waals surface area contributed by atoms with E-state index in [1.54, 1.807) is 0 Å². The Bertz CT molecular complexity index is 826. The highest BCUT2D eigenvalue weighted by molar-refractivity contribution is 8.01. The van der Waals surface area contributed by atoms with Crippen LogP contribution in [0.15, 0.2) is 22.5 Å². The van der Waals surface area contributed by atoms with Gasteiger partial charge in [0.15, 0.2) is 4.34 Å². The molecule has 0 atom stereocenters. The minimum Gasteiger partial charge on any atom is -0.357 e. The van der Waals surface area contributed by atoms with Gasteiger partial charge in [-0.15, -0.1) is 10.2 Å². The Labute approximate surface area is 169 Å². The summed E-state index contributed by atoms with van der Waals surface area (Å²) < 4.78 is 0.675. The van der Waals surface area contributed by atoms with Crippen LogP contribution < -0.4 is 10.6 Å². The van der Waals surface area contributed by atoms with Crippen molar-refractivity contribution in [1.82, 2.24) is 10.2 Å². The first-order valence-corrected chi connectivity index (χ1v) is 10.7. The predicted octanol–water partition coefficient (Wildman–Crippen LogP) is 4.58. The first-order chi connectivity index (χ1) is 13.0. The Morgan fingerprint density at radius 3 is 2.85 bits per heavy atom. The molecule has 1 amide bonds. The maximum Gasteiger partial charge on any atom is 0.294 e. The number of thioether (sulfide) groups is 1. The quantitative estimate of drug-likeness (QED) is 0.378. The molecular weight excluding hydrogens is 410 g/mol. The lowest BCUT2D eigenvalue weighted by Crippen LogP contribution is -2.21. The van der Waals surface area contributed by atoms with Crippen LogP contribution in [0.2, 0.25) is 5.02 Å². The smallest absolute Gasteiger partial charge is 0.294 e. The van der Waals surface area contributed by atoms with E-state index < -0.39 is 4.92 Å². The van der Waals surface area contributed by atoms with Crippen LogP contribution in [0.1, 0.15) is 32.1 Å². The average Bonchev–Trinajstić information content (AvgIpc) is 3.09. The second-order valence-corrected chi connectivity index (χ2v) is 8.74. The molecule has 0 radical (unpaired) electrons. The summed E-state index contributed by atoms with van der Waals surface area (Å²) in [5.74, 6) is -0.278. The van der Waals surface area contributed by atoms with Gasteiger partial charge in [0.2, 0.25) is 11.0 Å². The van der Waals surface area contributed by atoms with Gasteiger partial charge in [-0.05, 0) is 25.0 Å². The molecule has 2 N–H and O–H groups in total. The number of nitrogens with zero attached hydrogens (tertiary/aromatic N) is 3. The van der Waals surface area contributed by atoms with Gasteiger partial charge >= 0.3 is 0 Å². The van der Waals surface area contributed by atoms with Gasteiger partial charge in [-0.2, -0.15) is 0 Å². The van der Waals surface area contributed by atoms with Crippen molar-refractivity contribution in [3.63, 3.8) is 0 Å². The Kier molecular flexibility index (Phi) is 6.86. The standard InChI is InChI=1S/C16H18ClN5O3S2/c17-10-6-7-12(13(8-10)22(24)25)19-14(23)9-26-16-21-20-15(27-16)18-11-4-2-1-3-5-11/h6-8,11H,1-5,9H2,(H,18,20)(H,19,23). The van der Waals surface area contributed by atoms with Crippen molar-refractivity contribution >= 4 is 57.1 Å². The van der Waals surface area contributed by atoms with Gasteiger partial charge in [0.25, 0.3) is 5.69 Å². The normalized spacial score (nSPS) is 14.7. The summed E-state index contributed by atoms with van der Waals surface area (Å²) in [6, 6.07) is 4.56. The fourth-order valence-corrected chi connectivity index (χ4v) is 4.62. The molecule has 1 fully saturated rings. The molecule has 3 rings (SSSR count). The largest absolute Gasteiger partial charge is 0.357 e. The highest BCUT2D eigenvalue weighted by Crippen LogP contribution is 2.30. The van der Waals surface area contributed by atoms with Gasteiger partial charge in [-0.25, -0.2) is 0 Å². The Balaban J connectivity index is 1.52. The second-order valence-electron chi connectivity index (χ2n) is 6.11. The average molecular weight is 428 g/mol. The topological polar surface area (TPSA) is 110 Å². The molecule has 27 heavy (non-hydrogen) atoms. The van der Waals surface area contributed by atoms with Crippen molar-refractivity contribution in [2.45, 2.75) is 42.5 Å². The zero-order valence-corrected chi connectivity index (χ0v) is 16.7. The third kappa shape index (κ3) is 5.78. The molecule has 0 aliphatic heterocycles. The predicted molar refractivity (Wildman–Crippen MR) is 108 cm³/mol. The van der Waals surface area contributed by atoms with Crippen LogP contribution >= 0.6 is 34.7 Å². The van der Waals surface area contributed by atoms with E-state index in [2.05, 4.69) is 20.8 Å². The first-order valence-electron chi connectivity index (χ1n) is 8.48. The minimum atomic E-state index is -0.581. The fourth-order valence-electron chi connectivity index (χ4n) is 2.82. The van der Waals surface area contributed by atoms with Crippen molar-refractivity contribution in [2.24, 2.45) is 0 Å². The lowest BCUT2D eigenvalue weighted by Gasteiger charge is -2.21. The van der Waals surface area contributed by atoms with Crippen molar-refractivity contribution < 1.29 is 9.72 Å². The summed E-state index contributed by atoms with van der Waals surface area (Å²) in [4.78, 5) is 22.6. The first kappa shape index (κ1) is 19.8. The number of nitrogens with one attached hydrogen (secondary N) is 2. The van der Waals surface area contributed by atoms with E-state index >= 15 is 0 Å². The van der Waals surface area contributed by atoms with Crippen LogP contribution in [0.25, 0.3) is 0 Å². The fraction of sp³-hybridized carbons (Fsp3) is 0.438.